The maximum Gasteiger partial charge on any atom is 0.0868 e. The van der Waals surface area contributed by atoms with Gasteiger partial charge in [-0.3, -0.25) is 0 Å². The summed E-state index contributed by atoms with van der Waals surface area (Å²) in [6.45, 7) is 3.96. The molecule has 1 aliphatic carbocycles. The van der Waals surface area contributed by atoms with Gasteiger partial charge in [-0.2, -0.15) is 0 Å². The second-order valence-electron chi connectivity index (χ2n) is 4.84. The van der Waals surface area contributed by atoms with E-state index in [4.69, 9.17) is 0 Å². The lowest BCUT2D eigenvalue weighted by atomic mass is 9.75. The highest BCUT2D eigenvalue weighted by Crippen LogP contribution is 2.41. The summed E-state index contributed by atoms with van der Waals surface area (Å²) >= 11 is 0. The Balaban J connectivity index is 2.37. The second kappa shape index (κ2) is 3.97. The predicted octanol–water partition coefficient (Wildman–Crippen LogP) is 3.57. The molecule has 1 fully saturated rings. The van der Waals surface area contributed by atoms with Crippen LogP contribution in [0.1, 0.15) is 56.6 Å². The number of rotatable bonds is 3. The van der Waals surface area contributed by atoms with Gasteiger partial charge in [0.1, 0.15) is 0 Å². The predicted molar refractivity (Wildman–Crippen MR) is 62.9 cm³/mol. The van der Waals surface area contributed by atoms with Gasteiger partial charge in [-0.15, -0.1) is 0 Å². The van der Waals surface area contributed by atoms with Crippen molar-refractivity contribution in [3.63, 3.8) is 0 Å². The van der Waals surface area contributed by atoms with Crippen LogP contribution in [0.3, 0.4) is 0 Å². The topological polar surface area (TPSA) is 20.2 Å². The third kappa shape index (κ3) is 1.93. The summed E-state index contributed by atoms with van der Waals surface area (Å²) in [5, 5.41) is 10.3. The standard InChI is InChI=1S/C14H20O/c1-3-14(2,15)13-10-5-4-9-12(13)11-7-6-8-11/h4-5,9-11,15H,3,6-8H2,1-2H3. The van der Waals surface area contributed by atoms with Gasteiger partial charge < -0.3 is 5.11 Å². The van der Waals surface area contributed by atoms with Gasteiger partial charge in [0.2, 0.25) is 0 Å². The van der Waals surface area contributed by atoms with Crippen LogP contribution in [0.25, 0.3) is 0 Å². The average molecular weight is 204 g/mol. The summed E-state index contributed by atoms with van der Waals surface area (Å²) in [5.41, 5.74) is 1.85. The molecular formula is C14H20O. The van der Waals surface area contributed by atoms with E-state index in [1.807, 2.05) is 19.9 Å². The van der Waals surface area contributed by atoms with Crippen LogP contribution in [0.4, 0.5) is 0 Å². The minimum absolute atomic E-state index is 0.661. The SMILES string of the molecule is CCC(C)(O)c1ccccc1C1CCC1. The second-order valence-corrected chi connectivity index (χ2v) is 4.84. The van der Waals surface area contributed by atoms with E-state index in [0.717, 1.165) is 12.0 Å². The van der Waals surface area contributed by atoms with E-state index >= 15 is 0 Å². The van der Waals surface area contributed by atoms with Crippen LogP contribution >= 0.6 is 0 Å². The lowest BCUT2D eigenvalue weighted by Gasteiger charge is -2.32. The summed E-state index contributed by atoms with van der Waals surface area (Å²) < 4.78 is 0. The van der Waals surface area contributed by atoms with Crippen molar-refractivity contribution in [2.45, 2.75) is 51.0 Å². The fraction of sp³-hybridized carbons (Fsp3) is 0.571. The normalized spacial score (nSPS) is 20.7. The minimum atomic E-state index is -0.661. The van der Waals surface area contributed by atoms with E-state index in [1.165, 1.54) is 24.8 Å². The van der Waals surface area contributed by atoms with Crippen molar-refractivity contribution in [1.82, 2.24) is 0 Å². The van der Waals surface area contributed by atoms with Crippen molar-refractivity contribution in [2.24, 2.45) is 0 Å². The Bertz CT molecular complexity index is 337. The van der Waals surface area contributed by atoms with Gasteiger partial charge in [0.05, 0.1) is 5.60 Å². The van der Waals surface area contributed by atoms with E-state index in [0.29, 0.717) is 5.92 Å². The summed E-state index contributed by atoms with van der Waals surface area (Å²) in [6, 6.07) is 8.38. The molecule has 0 saturated heterocycles. The molecule has 0 radical (unpaired) electrons. The molecule has 0 amide bonds. The Hall–Kier alpha value is -0.820. The molecule has 15 heavy (non-hydrogen) atoms. The molecule has 1 nitrogen and oxygen atoms in total. The van der Waals surface area contributed by atoms with Crippen molar-refractivity contribution in [3.05, 3.63) is 35.4 Å². The Morgan fingerprint density at radius 1 is 1.33 bits per heavy atom. The first-order chi connectivity index (χ1) is 7.15. The van der Waals surface area contributed by atoms with Crippen LogP contribution in [0.5, 0.6) is 0 Å². The molecule has 82 valence electrons. The summed E-state index contributed by atoms with van der Waals surface area (Å²) in [4.78, 5) is 0. The van der Waals surface area contributed by atoms with Crippen molar-refractivity contribution < 1.29 is 5.11 Å². The molecule has 2 rings (SSSR count). The number of hydrogen-bond donors (Lipinski definition) is 1. The highest BCUT2D eigenvalue weighted by molar-refractivity contribution is 5.35. The molecule has 0 spiro atoms. The summed E-state index contributed by atoms with van der Waals surface area (Å²) in [7, 11) is 0. The lowest BCUT2D eigenvalue weighted by molar-refractivity contribution is 0.0513. The smallest absolute Gasteiger partial charge is 0.0868 e. The molecule has 1 saturated carbocycles. The van der Waals surface area contributed by atoms with Crippen LogP contribution in [-0.4, -0.2) is 5.11 Å². The molecule has 1 aromatic rings. The van der Waals surface area contributed by atoms with Gasteiger partial charge >= 0.3 is 0 Å². The van der Waals surface area contributed by atoms with Crippen molar-refractivity contribution in [3.8, 4) is 0 Å². The lowest BCUT2D eigenvalue weighted by Crippen LogP contribution is -2.24. The van der Waals surface area contributed by atoms with E-state index in [1.54, 1.807) is 0 Å². The molecule has 0 aliphatic heterocycles. The monoisotopic (exact) mass is 204 g/mol. The zero-order chi connectivity index (χ0) is 10.9. The third-order valence-corrected chi connectivity index (χ3v) is 3.77. The van der Waals surface area contributed by atoms with Gasteiger partial charge in [0, 0.05) is 0 Å². The Morgan fingerprint density at radius 3 is 2.53 bits per heavy atom. The highest BCUT2D eigenvalue weighted by Gasteiger charge is 2.28. The van der Waals surface area contributed by atoms with Gasteiger partial charge in [0.15, 0.2) is 0 Å². The average Bonchev–Trinajstić information content (AvgIpc) is 2.16. The molecule has 1 heteroatoms. The fourth-order valence-corrected chi connectivity index (χ4v) is 2.25. The van der Waals surface area contributed by atoms with E-state index < -0.39 is 5.60 Å². The Morgan fingerprint density at radius 2 is 2.00 bits per heavy atom. The number of hydrogen-bond acceptors (Lipinski definition) is 1. The Labute approximate surface area is 92.1 Å². The molecule has 0 aromatic heterocycles. The number of benzene rings is 1. The van der Waals surface area contributed by atoms with E-state index in [2.05, 4.69) is 18.2 Å². The van der Waals surface area contributed by atoms with Crippen LogP contribution in [0.15, 0.2) is 24.3 Å². The molecule has 1 unspecified atom stereocenters. The maximum atomic E-state index is 10.3. The van der Waals surface area contributed by atoms with Crippen LogP contribution in [0.2, 0.25) is 0 Å². The first-order valence-corrected chi connectivity index (χ1v) is 5.97. The van der Waals surface area contributed by atoms with E-state index in [-0.39, 0.29) is 0 Å². The first kappa shape index (κ1) is 10.7. The van der Waals surface area contributed by atoms with Gasteiger partial charge in [-0.05, 0) is 43.2 Å². The van der Waals surface area contributed by atoms with E-state index in [9.17, 15) is 5.11 Å². The maximum absolute atomic E-state index is 10.3. The van der Waals surface area contributed by atoms with Crippen molar-refractivity contribution >= 4 is 0 Å². The summed E-state index contributed by atoms with van der Waals surface area (Å²) in [6.07, 6.45) is 4.69. The number of aliphatic hydroxyl groups is 1. The van der Waals surface area contributed by atoms with Gasteiger partial charge in [-0.1, -0.05) is 37.6 Å². The van der Waals surface area contributed by atoms with Crippen LogP contribution in [0, 0.1) is 0 Å². The quantitative estimate of drug-likeness (QED) is 0.798. The zero-order valence-electron chi connectivity index (χ0n) is 9.66. The summed E-state index contributed by atoms with van der Waals surface area (Å²) in [5.74, 6) is 0.694. The largest absolute Gasteiger partial charge is 0.385 e. The molecule has 1 atom stereocenters. The van der Waals surface area contributed by atoms with Crippen molar-refractivity contribution in [1.29, 1.82) is 0 Å². The highest BCUT2D eigenvalue weighted by atomic mass is 16.3. The molecule has 1 aliphatic rings. The fourth-order valence-electron chi connectivity index (χ4n) is 2.25. The molecule has 0 bridgehead atoms. The minimum Gasteiger partial charge on any atom is -0.385 e. The molecule has 0 heterocycles. The zero-order valence-corrected chi connectivity index (χ0v) is 9.66. The van der Waals surface area contributed by atoms with Gasteiger partial charge in [-0.25, -0.2) is 0 Å². The van der Waals surface area contributed by atoms with Crippen LogP contribution < -0.4 is 0 Å². The first-order valence-electron chi connectivity index (χ1n) is 5.97. The Kier molecular flexibility index (Phi) is 2.83. The third-order valence-electron chi connectivity index (χ3n) is 3.77. The van der Waals surface area contributed by atoms with Gasteiger partial charge in [0.25, 0.3) is 0 Å². The molecular weight excluding hydrogens is 184 g/mol. The van der Waals surface area contributed by atoms with Crippen molar-refractivity contribution in [2.75, 3.05) is 0 Å². The molecule has 1 N–H and O–H groups in total. The van der Waals surface area contributed by atoms with Crippen LogP contribution in [-0.2, 0) is 5.60 Å². The molecule has 1 aromatic carbocycles.